The van der Waals surface area contributed by atoms with E-state index in [1.165, 1.54) is 32.2 Å². The Morgan fingerprint density at radius 2 is 2.13 bits per heavy atom. The number of methoxy groups -OCH3 is 1. The highest BCUT2D eigenvalue weighted by atomic mass is 16.6. The van der Waals surface area contributed by atoms with Crippen LogP contribution in [0.3, 0.4) is 0 Å². The van der Waals surface area contributed by atoms with Gasteiger partial charge in [0.25, 0.3) is 0 Å². The molecule has 1 atom stereocenters. The molecule has 1 aliphatic carbocycles. The van der Waals surface area contributed by atoms with E-state index in [-0.39, 0.29) is 17.3 Å². The fourth-order valence-corrected chi connectivity index (χ4v) is 1.99. The van der Waals surface area contributed by atoms with E-state index in [0.717, 1.165) is 0 Å². The Balaban J connectivity index is 2.32. The van der Waals surface area contributed by atoms with Gasteiger partial charge >= 0.3 is 5.69 Å². The van der Waals surface area contributed by atoms with Crippen LogP contribution in [0.5, 0.6) is 5.75 Å². The molecule has 0 aliphatic heterocycles. The summed E-state index contributed by atoms with van der Waals surface area (Å²) < 4.78 is 10.9. The largest absolute Gasteiger partial charge is 0.497 e. The SMILES string of the molecule is COC1=CC(Oc2cc(NC(C)=O)ccc2[N+](=O)[O-])C=CC=C1. The molecule has 1 N–H and O–H groups in total. The van der Waals surface area contributed by atoms with Crippen molar-refractivity contribution < 1.29 is 19.2 Å². The van der Waals surface area contributed by atoms with Gasteiger partial charge in [-0.25, -0.2) is 0 Å². The Morgan fingerprint density at radius 3 is 2.78 bits per heavy atom. The second kappa shape index (κ2) is 7.26. The number of benzene rings is 1. The van der Waals surface area contributed by atoms with Crippen LogP contribution < -0.4 is 10.1 Å². The molecule has 23 heavy (non-hydrogen) atoms. The molecular weight excluding hydrogens is 300 g/mol. The number of carbonyl (C=O) groups is 1. The van der Waals surface area contributed by atoms with E-state index in [0.29, 0.717) is 11.4 Å². The van der Waals surface area contributed by atoms with Crippen molar-refractivity contribution in [2.45, 2.75) is 13.0 Å². The van der Waals surface area contributed by atoms with Gasteiger partial charge in [-0.3, -0.25) is 14.9 Å². The van der Waals surface area contributed by atoms with Crippen molar-refractivity contribution in [1.82, 2.24) is 0 Å². The maximum atomic E-state index is 11.2. The molecule has 0 aromatic heterocycles. The van der Waals surface area contributed by atoms with Crippen molar-refractivity contribution in [3.8, 4) is 5.75 Å². The van der Waals surface area contributed by atoms with Crippen LogP contribution in [-0.4, -0.2) is 24.0 Å². The lowest BCUT2D eigenvalue weighted by Gasteiger charge is -2.14. The van der Waals surface area contributed by atoms with Gasteiger partial charge in [0.15, 0.2) is 5.75 Å². The standard InChI is InChI=1S/C16H16N2O5/c1-11(19)17-12-7-8-15(18(20)21)16(9-12)23-14-6-4-3-5-13(10-14)22-2/h3-10,14H,1-2H3,(H,17,19). The Kier molecular flexibility index (Phi) is 5.14. The number of hydrogen-bond donors (Lipinski definition) is 1. The van der Waals surface area contributed by atoms with Crippen molar-refractivity contribution in [1.29, 1.82) is 0 Å². The summed E-state index contributed by atoms with van der Waals surface area (Å²) in [5, 5.41) is 13.7. The van der Waals surface area contributed by atoms with E-state index >= 15 is 0 Å². The van der Waals surface area contributed by atoms with E-state index in [2.05, 4.69) is 5.32 Å². The molecule has 120 valence electrons. The molecule has 0 radical (unpaired) electrons. The van der Waals surface area contributed by atoms with Crippen LogP contribution in [0.2, 0.25) is 0 Å². The monoisotopic (exact) mass is 316 g/mol. The van der Waals surface area contributed by atoms with Gasteiger partial charge in [0.1, 0.15) is 11.9 Å². The highest BCUT2D eigenvalue weighted by Gasteiger charge is 2.19. The molecule has 0 saturated heterocycles. The number of rotatable bonds is 5. The molecule has 0 saturated carbocycles. The minimum absolute atomic E-state index is 0.0597. The lowest BCUT2D eigenvalue weighted by Crippen LogP contribution is -2.13. The van der Waals surface area contributed by atoms with Gasteiger partial charge < -0.3 is 14.8 Å². The summed E-state index contributed by atoms with van der Waals surface area (Å²) in [7, 11) is 1.53. The van der Waals surface area contributed by atoms with Gasteiger partial charge in [0.05, 0.1) is 12.0 Å². The van der Waals surface area contributed by atoms with Crippen molar-refractivity contribution >= 4 is 17.3 Å². The van der Waals surface area contributed by atoms with E-state index in [4.69, 9.17) is 9.47 Å². The summed E-state index contributed by atoms with van der Waals surface area (Å²) in [6, 6.07) is 4.17. The molecule has 0 spiro atoms. The molecular formula is C16H16N2O5. The van der Waals surface area contributed by atoms with Crippen LogP contribution in [-0.2, 0) is 9.53 Å². The lowest BCUT2D eigenvalue weighted by molar-refractivity contribution is -0.385. The number of nitrogens with one attached hydrogen (secondary N) is 1. The number of nitro groups is 1. The molecule has 1 aliphatic rings. The Hall–Kier alpha value is -3.09. The highest BCUT2D eigenvalue weighted by Crippen LogP contribution is 2.31. The number of ether oxygens (including phenoxy) is 2. The highest BCUT2D eigenvalue weighted by molar-refractivity contribution is 5.89. The quantitative estimate of drug-likeness (QED) is 0.666. The number of carbonyl (C=O) groups excluding carboxylic acids is 1. The van der Waals surface area contributed by atoms with E-state index in [9.17, 15) is 14.9 Å². The van der Waals surface area contributed by atoms with Gasteiger partial charge in [-0.2, -0.15) is 0 Å². The summed E-state index contributed by atoms with van der Waals surface area (Å²) in [5.41, 5.74) is 0.238. The number of hydrogen-bond acceptors (Lipinski definition) is 5. The van der Waals surface area contributed by atoms with Gasteiger partial charge in [0.2, 0.25) is 5.91 Å². The van der Waals surface area contributed by atoms with Gasteiger partial charge in [-0.1, -0.05) is 12.2 Å². The van der Waals surface area contributed by atoms with Crippen molar-refractivity contribution in [3.05, 3.63) is 64.5 Å². The molecule has 1 unspecified atom stereocenters. The van der Waals surface area contributed by atoms with Crippen molar-refractivity contribution in [2.75, 3.05) is 12.4 Å². The molecule has 0 bridgehead atoms. The smallest absolute Gasteiger partial charge is 0.311 e. The van der Waals surface area contributed by atoms with Gasteiger partial charge in [0, 0.05) is 30.8 Å². The van der Waals surface area contributed by atoms with Crippen LogP contribution in [0.15, 0.2) is 54.3 Å². The first-order valence-electron chi connectivity index (χ1n) is 6.83. The first-order chi connectivity index (χ1) is 11.0. The second-order valence-corrected chi connectivity index (χ2v) is 4.72. The van der Waals surface area contributed by atoms with Crippen molar-refractivity contribution in [2.24, 2.45) is 0 Å². The minimum atomic E-state index is -0.536. The zero-order valence-electron chi connectivity index (χ0n) is 12.7. The topological polar surface area (TPSA) is 90.7 Å². The summed E-state index contributed by atoms with van der Waals surface area (Å²) in [6.45, 7) is 1.36. The third-order valence-corrected chi connectivity index (χ3v) is 2.98. The summed E-state index contributed by atoms with van der Waals surface area (Å²) >= 11 is 0. The number of anilines is 1. The van der Waals surface area contributed by atoms with E-state index in [1.807, 2.05) is 0 Å². The third kappa shape index (κ3) is 4.44. The molecule has 1 aromatic carbocycles. The predicted molar refractivity (Wildman–Crippen MR) is 85.2 cm³/mol. The van der Waals surface area contributed by atoms with Crippen LogP contribution in [0, 0.1) is 10.1 Å². The van der Waals surface area contributed by atoms with E-state index in [1.54, 1.807) is 30.4 Å². The summed E-state index contributed by atoms with van der Waals surface area (Å²) in [4.78, 5) is 21.7. The predicted octanol–water partition coefficient (Wildman–Crippen LogP) is 2.96. The van der Waals surface area contributed by atoms with E-state index < -0.39 is 11.0 Å². The normalized spacial score (nSPS) is 16.3. The van der Waals surface area contributed by atoms with Crippen molar-refractivity contribution in [3.63, 3.8) is 0 Å². The first kappa shape index (κ1) is 16.3. The van der Waals surface area contributed by atoms with Crippen LogP contribution >= 0.6 is 0 Å². The molecule has 7 nitrogen and oxygen atoms in total. The number of nitrogens with zero attached hydrogens (tertiary/aromatic N) is 1. The van der Waals surface area contributed by atoms with Crippen LogP contribution in [0.1, 0.15) is 6.92 Å². The maximum absolute atomic E-state index is 11.2. The fraction of sp³-hybridized carbons (Fsp3) is 0.188. The molecule has 0 fully saturated rings. The third-order valence-electron chi connectivity index (χ3n) is 2.98. The Morgan fingerprint density at radius 1 is 1.35 bits per heavy atom. The molecule has 0 heterocycles. The molecule has 1 aromatic rings. The maximum Gasteiger partial charge on any atom is 0.311 e. The minimum Gasteiger partial charge on any atom is -0.497 e. The second-order valence-electron chi connectivity index (χ2n) is 4.72. The summed E-state index contributed by atoms with van der Waals surface area (Å²) in [5.74, 6) is 0.370. The summed E-state index contributed by atoms with van der Waals surface area (Å²) in [6.07, 6.45) is 8.18. The number of nitro benzene ring substituents is 1. The average molecular weight is 316 g/mol. The van der Waals surface area contributed by atoms with Gasteiger partial charge in [-0.05, 0) is 18.2 Å². The zero-order valence-corrected chi connectivity index (χ0v) is 12.7. The number of allylic oxidation sites excluding steroid dienone is 3. The molecule has 1 amide bonds. The van der Waals surface area contributed by atoms with Crippen LogP contribution in [0.25, 0.3) is 0 Å². The zero-order chi connectivity index (χ0) is 16.8. The fourth-order valence-electron chi connectivity index (χ4n) is 1.99. The Bertz CT molecular complexity index is 706. The van der Waals surface area contributed by atoms with Gasteiger partial charge in [-0.15, -0.1) is 0 Å². The number of amides is 1. The molecule has 2 rings (SSSR count). The van der Waals surface area contributed by atoms with Crippen LogP contribution in [0.4, 0.5) is 11.4 Å². The Labute approximate surface area is 133 Å². The molecule has 7 heteroatoms. The first-order valence-corrected chi connectivity index (χ1v) is 6.83. The average Bonchev–Trinajstić information content (AvgIpc) is 2.71. The lowest BCUT2D eigenvalue weighted by atomic mass is 10.2.